The Labute approximate surface area is 69.9 Å². The molecule has 0 aliphatic carbocycles. The van der Waals surface area contributed by atoms with Crippen molar-refractivity contribution in [1.29, 1.82) is 0 Å². The van der Waals surface area contributed by atoms with Gasteiger partial charge in [-0.25, -0.2) is 0 Å². The molecule has 0 radical (unpaired) electrons. The van der Waals surface area contributed by atoms with Crippen LogP contribution in [0.1, 0.15) is 25.7 Å². The molecule has 0 bridgehead atoms. The Hall–Kier alpha value is -0.340. The Morgan fingerprint density at radius 2 is 1.91 bits per heavy atom. The van der Waals surface area contributed by atoms with Gasteiger partial charge in [-0.05, 0) is 25.9 Å². The zero-order valence-corrected chi connectivity index (χ0v) is 7.31. The summed E-state index contributed by atoms with van der Waals surface area (Å²) in [5, 5.41) is 3.26. The van der Waals surface area contributed by atoms with Gasteiger partial charge in [-0.2, -0.15) is 0 Å². The van der Waals surface area contributed by atoms with Gasteiger partial charge in [0.2, 0.25) is 0 Å². The zero-order chi connectivity index (χ0) is 8.36. The lowest BCUT2D eigenvalue weighted by Gasteiger charge is -2.00. The molecule has 0 spiro atoms. The molecule has 0 rings (SSSR count). The first-order valence-corrected chi connectivity index (χ1v) is 4.43. The van der Waals surface area contributed by atoms with Gasteiger partial charge in [0.1, 0.15) is 0 Å². The van der Waals surface area contributed by atoms with Crippen molar-refractivity contribution in [3.63, 3.8) is 0 Å². The summed E-state index contributed by atoms with van der Waals surface area (Å²) in [5.74, 6) is 0. The van der Waals surface area contributed by atoms with Crippen LogP contribution in [0.5, 0.6) is 0 Å². The van der Waals surface area contributed by atoms with Crippen LogP contribution in [0, 0.1) is 0 Å². The Kier molecular flexibility index (Phi) is 9.36. The smallest absolute Gasteiger partial charge is 0.0132 e. The molecule has 0 heterocycles. The van der Waals surface area contributed by atoms with E-state index >= 15 is 0 Å². The molecule has 0 unspecified atom stereocenters. The van der Waals surface area contributed by atoms with Gasteiger partial charge in [0, 0.05) is 6.54 Å². The van der Waals surface area contributed by atoms with E-state index in [2.05, 4.69) is 11.9 Å². The summed E-state index contributed by atoms with van der Waals surface area (Å²) in [7, 11) is 0. The van der Waals surface area contributed by atoms with E-state index in [9.17, 15) is 0 Å². The number of nitrogens with one attached hydrogen (secondary N) is 1. The molecular formula is C9H20N2. The van der Waals surface area contributed by atoms with Crippen LogP contribution < -0.4 is 11.1 Å². The third-order valence-corrected chi connectivity index (χ3v) is 1.60. The molecule has 0 amide bonds. The highest BCUT2D eigenvalue weighted by molar-refractivity contribution is 4.69. The number of nitrogens with two attached hydrogens (primary N) is 1. The fraction of sp³-hybridized carbons (Fsp3) is 0.778. The fourth-order valence-electron chi connectivity index (χ4n) is 0.952. The van der Waals surface area contributed by atoms with E-state index in [1.165, 1.54) is 25.7 Å². The van der Waals surface area contributed by atoms with E-state index in [0.717, 1.165) is 19.6 Å². The summed E-state index contributed by atoms with van der Waals surface area (Å²) in [6, 6.07) is 0. The van der Waals surface area contributed by atoms with Crippen molar-refractivity contribution in [2.45, 2.75) is 25.7 Å². The molecule has 11 heavy (non-hydrogen) atoms. The third-order valence-electron chi connectivity index (χ3n) is 1.60. The second-order valence-electron chi connectivity index (χ2n) is 2.70. The molecule has 0 aromatic heterocycles. The van der Waals surface area contributed by atoms with Crippen molar-refractivity contribution in [2.75, 3.05) is 19.6 Å². The van der Waals surface area contributed by atoms with E-state index in [0.29, 0.717) is 0 Å². The van der Waals surface area contributed by atoms with Crippen LogP contribution >= 0.6 is 0 Å². The van der Waals surface area contributed by atoms with Gasteiger partial charge in [0.25, 0.3) is 0 Å². The average Bonchev–Trinajstić information content (AvgIpc) is 2.03. The molecule has 2 heteroatoms. The van der Waals surface area contributed by atoms with Crippen molar-refractivity contribution in [2.24, 2.45) is 5.73 Å². The summed E-state index contributed by atoms with van der Waals surface area (Å²) in [5.41, 5.74) is 5.36. The molecule has 0 atom stereocenters. The summed E-state index contributed by atoms with van der Waals surface area (Å²) in [6.07, 6.45) is 6.88. The van der Waals surface area contributed by atoms with E-state index in [4.69, 9.17) is 5.73 Å². The molecule has 2 nitrogen and oxygen atoms in total. The average molecular weight is 156 g/mol. The topological polar surface area (TPSA) is 38.0 Å². The Bertz CT molecular complexity index is 81.6. The Morgan fingerprint density at radius 1 is 1.18 bits per heavy atom. The number of hydrogen-bond acceptors (Lipinski definition) is 2. The van der Waals surface area contributed by atoms with Crippen LogP contribution in [0.15, 0.2) is 12.7 Å². The molecule has 0 aromatic rings. The minimum atomic E-state index is 0.833. The largest absolute Gasteiger partial charge is 0.330 e. The third kappa shape index (κ3) is 9.66. The predicted molar refractivity (Wildman–Crippen MR) is 50.6 cm³/mol. The molecule has 0 fully saturated rings. The quantitative estimate of drug-likeness (QED) is 0.410. The van der Waals surface area contributed by atoms with Gasteiger partial charge >= 0.3 is 0 Å². The number of unbranched alkanes of at least 4 members (excludes halogenated alkanes) is 3. The van der Waals surface area contributed by atoms with Crippen LogP contribution in [-0.2, 0) is 0 Å². The van der Waals surface area contributed by atoms with Crippen LogP contribution in [0.25, 0.3) is 0 Å². The minimum absolute atomic E-state index is 0.833. The van der Waals surface area contributed by atoms with Crippen molar-refractivity contribution >= 4 is 0 Å². The summed E-state index contributed by atoms with van der Waals surface area (Å²) < 4.78 is 0. The van der Waals surface area contributed by atoms with Crippen molar-refractivity contribution < 1.29 is 0 Å². The molecule has 0 aromatic carbocycles. The van der Waals surface area contributed by atoms with Crippen molar-refractivity contribution in [3.05, 3.63) is 12.7 Å². The van der Waals surface area contributed by atoms with Gasteiger partial charge in [-0.3, -0.25) is 0 Å². The lowest BCUT2D eigenvalue weighted by Crippen LogP contribution is -2.14. The highest BCUT2D eigenvalue weighted by atomic mass is 14.8. The van der Waals surface area contributed by atoms with E-state index in [1.54, 1.807) is 0 Å². The molecule has 0 saturated heterocycles. The Morgan fingerprint density at radius 3 is 2.55 bits per heavy atom. The first-order valence-electron chi connectivity index (χ1n) is 4.43. The normalized spacial score (nSPS) is 9.91. The van der Waals surface area contributed by atoms with Gasteiger partial charge in [-0.15, -0.1) is 6.58 Å². The predicted octanol–water partition coefficient (Wildman–Crippen LogP) is 1.28. The Balaban J connectivity index is 2.74. The fourth-order valence-corrected chi connectivity index (χ4v) is 0.952. The number of rotatable bonds is 8. The van der Waals surface area contributed by atoms with Crippen LogP contribution in [-0.4, -0.2) is 19.6 Å². The molecular weight excluding hydrogens is 136 g/mol. The maximum Gasteiger partial charge on any atom is 0.0132 e. The summed E-state index contributed by atoms with van der Waals surface area (Å²) in [4.78, 5) is 0. The molecule has 0 saturated carbocycles. The SMILES string of the molecule is C=CCNCCCCCCN. The van der Waals surface area contributed by atoms with Crippen molar-refractivity contribution in [3.8, 4) is 0 Å². The van der Waals surface area contributed by atoms with Gasteiger partial charge < -0.3 is 11.1 Å². The molecule has 0 aliphatic rings. The highest BCUT2D eigenvalue weighted by Gasteiger charge is 1.87. The van der Waals surface area contributed by atoms with Gasteiger partial charge in [-0.1, -0.05) is 18.9 Å². The van der Waals surface area contributed by atoms with Gasteiger partial charge in [0.15, 0.2) is 0 Å². The monoisotopic (exact) mass is 156 g/mol. The molecule has 66 valence electrons. The lowest BCUT2D eigenvalue weighted by molar-refractivity contribution is 0.609. The minimum Gasteiger partial charge on any atom is -0.330 e. The summed E-state index contributed by atoms with van der Waals surface area (Å²) >= 11 is 0. The van der Waals surface area contributed by atoms with Gasteiger partial charge in [0.05, 0.1) is 0 Å². The second-order valence-corrected chi connectivity index (χ2v) is 2.70. The second kappa shape index (κ2) is 9.66. The van der Waals surface area contributed by atoms with Crippen LogP contribution in [0.3, 0.4) is 0 Å². The summed E-state index contributed by atoms with van der Waals surface area (Å²) in [6.45, 7) is 6.50. The first-order chi connectivity index (χ1) is 5.41. The van der Waals surface area contributed by atoms with E-state index in [-0.39, 0.29) is 0 Å². The van der Waals surface area contributed by atoms with Crippen LogP contribution in [0.2, 0.25) is 0 Å². The first kappa shape index (κ1) is 10.7. The molecule has 0 aliphatic heterocycles. The standard InChI is InChI=1S/C9H20N2/c1-2-8-11-9-6-4-3-5-7-10/h2,11H,1,3-10H2. The zero-order valence-electron chi connectivity index (χ0n) is 7.31. The number of hydrogen-bond donors (Lipinski definition) is 2. The highest BCUT2D eigenvalue weighted by Crippen LogP contribution is 1.96. The van der Waals surface area contributed by atoms with E-state index < -0.39 is 0 Å². The van der Waals surface area contributed by atoms with Crippen LogP contribution in [0.4, 0.5) is 0 Å². The molecule has 3 N–H and O–H groups in total. The maximum absolute atomic E-state index is 5.36. The van der Waals surface area contributed by atoms with E-state index in [1.807, 2.05) is 6.08 Å². The lowest BCUT2D eigenvalue weighted by atomic mass is 10.2. The van der Waals surface area contributed by atoms with Crippen molar-refractivity contribution in [1.82, 2.24) is 5.32 Å². The maximum atomic E-state index is 5.36.